The van der Waals surface area contributed by atoms with Crippen LogP contribution in [0.5, 0.6) is 0 Å². The number of aromatic amines is 1. The Bertz CT molecular complexity index is 711. The van der Waals surface area contributed by atoms with E-state index in [-0.39, 0.29) is 23.3 Å². The SMILES string of the molecule is NC[C@@H]1CN(C(=O)c2cc[nH]c(=O)c2)C[C@H]1c1ccccc1. The largest absolute Gasteiger partial charge is 0.338 e. The van der Waals surface area contributed by atoms with Gasteiger partial charge in [0.2, 0.25) is 5.56 Å². The Labute approximate surface area is 128 Å². The molecule has 2 atom stereocenters. The molecule has 0 saturated carbocycles. The third kappa shape index (κ3) is 2.80. The van der Waals surface area contributed by atoms with Crippen LogP contribution < -0.4 is 11.3 Å². The smallest absolute Gasteiger partial charge is 0.254 e. The lowest BCUT2D eigenvalue weighted by Crippen LogP contribution is -2.30. The molecule has 1 aromatic heterocycles. The van der Waals surface area contributed by atoms with Gasteiger partial charge in [-0.2, -0.15) is 0 Å². The molecule has 2 heterocycles. The zero-order chi connectivity index (χ0) is 15.5. The van der Waals surface area contributed by atoms with Crippen LogP contribution in [0.1, 0.15) is 21.8 Å². The molecule has 1 aliphatic rings. The Balaban J connectivity index is 1.82. The molecule has 22 heavy (non-hydrogen) atoms. The normalized spacial score (nSPS) is 21.0. The van der Waals surface area contributed by atoms with Gasteiger partial charge in [-0.15, -0.1) is 0 Å². The first-order valence-electron chi connectivity index (χ1n) is 7.42. The van der Waals surface area contributed by atoms with Crippen molar-refractivity contribution in [1.29, 1.82) is 0 Å². The topological polar surface area (TPSA) is 79.2 Å². The third-order valence-electron chi connectivity index (χ3n) is 4.28. The van der Waals surface area contributed by atoms with Gasteiger partial charge in [-0.3, -0.25) is 9.59 Å². The molecular weight excluding hydrogens is 278 g/mol. The van der Waals surface area contributed by atoms with Crippen molar-refractivity contribution >= 4 is 5.91 Å². The molecule has 0 unspecified atom stereocenters. The number of carbonyl (C=O) groups is 1. The summed E-state index contributed by atoms with van der Waals surface area (Å²) in [6.07, 6.45) is 1.50. The Morgan fingerprint density at radius 2 is 2.00 bits per heavy atom. The molecule has 1 saturated heterocycles. The highest BCUT2D eigenvalue weighted by atomic mass is 16.2. The highest BCUT2D eigenvalue weighted by Gasteiger charge is 2.35. The number of nitrogens with zero attached hydrogens (tertiary/aromatic N) is 1. The maximum atomic E-state index is 12.6. The highest BCUT2D eigenvalue weighted by molar-refractivity contribution is 5.94. The zero-order valence-corrected chi connectivity index (χ0v) is 12.2. The summed E-state index contributed by atoms with van der Waals surface area (Å²) in [7, 11) is 0. The van der Waals surface area contributed by atoms with E-state index >= 15 is 0 Å². The lowest BCUT2D eigenvalue weighted by molar-refractivity contribution is 0.0786. The summed E-state index contributed by atoms with van der Waals surface area (Å²) in [5.74, 6) is 0.383. The summed E-state index contributed by atoms with van der Waals surface area (Å²) in [5.41, 5.74) is 7.26. The number of rotatable bonds is 3. The quantitative estimate of drug-likeness (QED) is 0.893. The van der Waals surface area contributed by atoms with Crippen LogP contribution in [-0.4, -0.2) is 35.4 Å². The summed E-state index contributed by atoms with van der Waals surface area (Å²) in [6, 6.07) is 13.1. The second-order valence-corrected chi connectivity index (χ2v) is 5.66. The van der Waals surface area contributed by atoms with Gasteiger partial charge in [-0.1, -0.05) is 30.3 Å². The molecule has 0 bridgehead atoms. The van der Waals surface area contributed by atoms with E-state index < -0.39 is 0 Å². The number of amides is 1. The summed E-state index contributed by atoms with van der Waals surface area (Å²) < 4.78 is 0. The summed E-state index contributed by atoms with van der Waals surface area (Å²) in [6.45, 7) is 1.80. The molecular formula is C17H19N3O2. The Morgan fingerprint density at radius 3 is 2.68 bits per heavy atom. The van der Waals surface area contributed by atoms with Gasteiger partial charge in [0.05, 0.1) is 0 Å². The average Bonchev–Trinajstić information content (AvgIpc) is 2.99. The van der Waals surface area contributed by atoms with Gasteiger partial charge in [0.1, 0.15) is 0 Å². The number of H-pyrrole nitrogens is 1. The Hall–Kier alpha value is -2.40. The predicted octanol–water partition coefficient (Wildman–Crippen LogP) is 1.19. The number of aromatic nitrogens is 1. The van der Waals surface area contributed by atoms with Gasteiger partial charge in [-0.25, -0.2) is 0 Å². The van der Waals surface area contributed by atoms with Crippen LogP contribution in [0.4, 0.5) is 0 Å². The standard InChI is InChI=1S/C17H19N3O2/c18-9-14-10-20(11-15(14)12-4-2-1-3-5-12)17(22)13-6-7-19-16(21)8-13/h1-8,14-15H,9-11,18H2,(H,19,21)/t14-,15+/m1/s1. The van der Waals surface area contributed by atoms with Crippen LogP contribution in [0, 0.1) is 5.92 Å². The molecule has 2 aromatic rings. The van der Waals surface area contributed by atoms with Crippen molar-refractivity contribution in [3.05, 3.63) is 70.1 Å². The first kappa shape index (κ1) is 14.5. The maximum absolute atomic E-state index is 12.6. The monoisotopic (exact) mass is 297 g/mol. The van der Waals surface area contributed by atoms with E-state index in [1.54, 1.807) is 11.0 Å². The fraction of sp³-hybridized carbons (Fsp3) is 0.294. The summed E-state index contributed by atoms with van der Waals surface area (Å²) in [5, 5.41) is 0. The van der Waals surface area contributed by atoms with Crippen molar-refractivity contribution < 1.29 is 4.79 Å². The molecule has 1 amide bonds. The second kappa shape index (κ2) is 6.15. The van der Waals surface area contributed by atoms with Crippen molar-refractivity contribution in [2.24, 2.45) is 11.7 Å². The van der Waals surface area contributed by atoms with E-state index in [0.29, 0.717) is 25.2 Å². The minimum absolute atomic E-state index is 0.108. The summed E-state index contributed by atoms with van der Waals surface area (Å²) >= 11 is 0. The van der Waals surface area contributed by atoms with E-state index in [1.165, 1.54) is 17.8 Å². The maximum Gasteiger partial charge on any atom is 0.254 e. The lowest BCUT2D eigenvalue weighted by Gasteiger charge is -2.16. The molecule has 5 nitrogen and oxygen atoms in total. The second-order valence-electron chi connectivity index (χ2n) is 5.66. The first-order chi connectivity index (χ1) is 10.7. The van der Waals surface area contributed by atoms with Crippen LogP contribution in [0.15, 0.2) is 53.5 Å². The minimum atomic E-state index is -0.264. The molecule has 1 aromatic carbocycles. The molecule has 3 rings (SSSR count). The number of nitrogens with two attached hydrogens (primary N) is 1. The van der Waals surface area contributed by atoms with Gasteiger partial charge < -0.3 is 15.6 Å². The van der Waals surface area contributed by atoms with Crippen LogP contribution in [-0.2, 0) is 0 Å². The van der Waals surface area contributed by atoms with Crippen LogP contribution in [0.2, 0.25) is 0 Å². The number of pyridine rings is 1. The van der Waals surface area contributed by atoms with Crippen molar-refractivity contribution in [2.75, 3.05) is 19.6 Å². The molecule has 1 aliphatic heterocycles. The van der Waals surface area contributed by atoms with E-state index in [4.69, 9.17) is 5.73 Å². The van der Waals surface area contributed by atoms with E-state index in [0.717, 1.165) is 0 Å². The lowest BCUT2D eigenvalue weighted by atomic mass is 9.89. The number of likely N-dealkylation sites (tertiary alicyclic amines) is 1. The molecule has 3 N–H and O–H groups in total. The Kier molecular flexibility index (Phi) is 4.06. The predicted molar refractivity (Wildman–Crippen MR) is 84.7 cm³/mol. The number of hydrogen-bond donors (Lipinski definition) is 2. The Morgan fingerprint density at radius 1 is 1.23 bits per heavy atom. The van der Waals surface area contributed by atoms with E-state index in [9.17, 15) is 9.59 Å². The van der Waals surface area contributed by atoms with Gasteiger partial charge in [0, 0.05) is 36.8 Å². The summed E-state index contributed by atoms with van der Waals surface area (Å²) in [4.78, 5) is 28.3. The molecule has 0 aliphatic carbocycles. The molecule has 5 heteroatoms. The first-order valence-corrected chi connectivity index (χ1v) is 7.42. The number of carbonyl (C=O) groups excluding carboxylic acids is 1. The molecule has 0 radical (unpaired) electrons. The van der Waals surface area contributed by atoms with Crippen LogP contribution in [0.3, 0.4) is 0 Å². The van der Waals surface area contributed by atoms with Crippen molar-refractivity contribution in [3.63, 3.8) is 0 Å². The zero-order valence-electron chi connectivity index (χ0n) is 12.2. The van der Waals surface area contributed by atoms with Gasteiger partial charge in [0.25, 0.3) is 5.91 Å². The van der Waals surface area contributed by atoms with E-state index in [2.05, 4.69) is 17.1 Å². The fourth-order valence-corrected chi connectivity index (χ4v) is 3.11. The minimum Gasteiger partial charge on any atom is -0.338 e. The number of nitrogens with one attached hydrogen (secondary N) is 1. The van der Waals surface area contributed by atoms with Crippen molar-refractivity contribution in [1.82, 2.24) is 9.88 Å². The van der Waals surface area contributed by atoms with Crippen molar-refractivity contribution in [2.45, 2.75) is 5.92 Å². The number of benzene rings is 1. The van der Waals surface area contributed by atoms with E-state index in [1.807, 2.05) is 18.2 Å². The fourth-order valence-electron chi connectivity index (χ4n) is 3.11. The molecule has 0 spiro atoms. The highest BCUT2D eigenvalue weighted by Crippen LogP contribution is 2.32. The van der Waals surface area contributed by atoms with Gasteiger partial charge >= 0.3 is 0 Å². The van der Waals surface area contributed by atoms with Crippen LogP contribution >= 0.6 is 0 Å². The van der Waals surface area contributed by atoms with Crippen LogP contribution in [0.25, 0.3) is 0 Å². The average molecular weight is 297 g/mol. The van der Waals surface area contributed by atoms with Gasteiger partial charge in [0.15, 0.2) is 0 Å². The number of hydrogen-bond acceptors (Lipinski definition) is 3. The molecule has 1 fully saturated rings. The molecule has 114 valence electrons. The third-order valence-corrected chi connectivity index (χ3v) is 4.28. The van der Waals surface area contributed by atoms with Crippen molar-refractivity contribution in [3.8, 4) is 0 Å². The van der Waals surface area contributed by atoms with Gasteiger partial charge in [-0.05, 0) is 24.1 Å².